The van der Waals surface area contributed by atoms with Crippen molar-refractivity contribution in [1.82, 2.24) is 25.5 Å². The lowest BCUT2D eigenvalue weighted by Gasteiger charge is -2.21. The summed E-state index contributed by atoms with van der Waals surface area (Å²) in [6, 6.07) is 7.69. The van der Waals surface area contributed by atoms with Gasteiger partial charge in [0, 0.05) is 69.8 Å². The van der Waals surface area contributed by atoms with Crippen molar-refractivity contribution in [3.8, 4) is 16.9 Å². The van der Waals surface area contributed by atoms with Gasteiger partial charge in [-0.2, -0.15) is 0 Å². The lowest BCUT2D eigenvalue weighted by Crippen LogP contribution is -2.31. The topological polar surface area (TPSA) is 161 Å². The van der Waals surface area contributed by atoms with E-state index in [-0.39, 0.29) is 64.1 Å². The molecule has 1 aliphatic carbocycles. The minimum atomic E-state index is -0.576. The van der Waals surface area contributed by atoms with E-state index in [2.05, 4.69) is 51.3 Å². The van der Waals surface area contributed by atoms with Crippen LogP contribution in [0.4, 0.5) is 15.8 Å². The van der Waals surface area contributed by atoms with E-state index in [1.807, 2.05) is 0 Å². The van der Waals surface area contributed by atoms with Crippen LogP contribution in [-0.2, 0) is 16.1 Å². The molecule has 0 aliphatic heterocycles. The van der Waals surface area contributed by atoms with Crippen LogP contribution in [0.25, 0.3) is 11.1 Å². The molecule has 1 aromatic carbocycles. The van der Waals surface area contributed by atoms with Crippen molar-refractivity contribution in [3.05, 3.63) is 89.4 Å². The molecule has 14 heteroatoms. The molecule has 0 saturated heterocycles. The van der Waals surface area contributed by atoms with Crippen LogP contribution in [-0.4, -0.2) is 78.9 Å². The number of nitrogens with zero attached hydrogens (tertiary/aromatic N) is 5. The number of hydrogen-bond donors (Lipinski definition) is 4. The van der Waals surface area contributed by atoms with Crippen LogP contribution < -0.4 is 25.8 Å². The monoisotopic (exact) mass is 702 g/mol. The number of methoxy groups -OCH3 is 1. The van der Waals surface area contributed by atoms with E-state index in [0.717, 1.165) is 17.9 Å². The van der Waals surface area contributed by atoms with Gasteiger partial charge < -0.3 is 25.6 Å². The normalized spacial score (nSPS) is 12.6. The number of amides is 3. The molecule has 4 N–H and O–H groups in total. The predicted molar refractivity (Wildman–Crippen MR) is 196 cm³/mol. The maximum absolute atomic E-state index is 15.5. The van der Waals surface area contributed by atoms with Crippen LogP contribution in [0.1, 0.15) is 54.9 Å². The van der Waals surface area contributed by atoms with Crippen LogP contribution in [0.2, 0.25) is 0 Å². The van der Waals surface area contributed by atoms with Gasteiger partial charge in [0.1, 0.15) is 17.3 Å². The Morgan fingerprint density at radius 1 is 1.16 bits per heavy atom. The zero-order chi connectivity index (χ0) is 37.8. The van der Waals surface area contributed by atoms with E-state index in [0.29, 0.717) is 22.5 Å². The van der Waals surface area contributed by atoms with Gasteiger partial charge in [-0.1, -0.05) is 32.9 Å². The Morgan fingerprint density at radius 3 is 2.39 bits per heavy atom. The fraction of sp³-hybridized carbons (Fsp3) is 0.351. The first kappa shape index (κ1) is 39.8. The number of anilines is 2. The average molecular weight is 703 g/mol. The zero-order valence-electron chi connectivity index (χ0n) is 30.4. The van der Waals surface area contributed by atoms with Crippen molar-refractivity contribution in [2.75, 3.05) is 45.7 Å². The van der Waals surface area contributed by atoms with Crippen molar-refractivity contribution < 1.29 is 28.7 Å². The minimum Gasteiger partial charge on any atom is -0.494 e. The SMILES string of the molecule is C=C(C(=O)NC)/C(=C\C(=NC)NC(=O)C1CC1)Nc1cc(F)c(C)c(-c2ccc(C(=O)N(C)Cc3cc(N(C)O)ccn3)nc2)c1OC.CCC. The summed E-state index contributed by atoms with van der Waals surface area (Å²) in [5.74, 6) is -1.30. The number of carbonyl (C=O) groups is 3. The summed E-state index contributed by atoms with van der Waals surface area (Å²) in [4.78, 5) is 52.4. The first-order chi connectivity index (χ1) is 24.3. The number of hydrogen-bond acceptors (Lipinski definition) is 10. The summed E-state index contributed by atoms with van der Waals surface area (Å²) < 4.78 is 21.3. The van der Waals surface area contributed by atoms with E-state index < -0.39 is 11.7 Å². The number of halogens is 1. The van der Waals surface area contributed by atoms with Gasteiger partial charge in [-0.25, -0.2) is 4.39 Å². The molecule has 1 fully saturated rings. The number of aliphatic imine (C=N–C) groups is 1. The molecule has 0 spiro atoms. The number of pyridine rings is 2. The van der Waals surface area contributed by atoms with E-state index in [4.69, 9.17) is 4.74 Å². The van der Waals surface area contributed by atoms with Gasteiger partial charge in [0.05, 0.1) is 42.0 Å². The molecular formula is C37H47FN8O5. The fourth-order valence-electron chi connectivity index (χ4n) is 4.79. The summed E-state index contributed by atoms with van der Waals surface area (Å²) in [5, 5.41) is 19.0. The Morgan fingerprint density at radius 2 is 1.84 bits per heavy atom. The maximum atomic E-state index is 15.5. The second kappa shape index (κ2) is 18.4. The lowest BCUT2D eigenvalue weighted by molar-refractivity contribution is -0.121. The number of nitrogens with one attached hydrogen (secondary N) is 3. The molecule has 0 bridgehead atoms. The van der Waals surface area contributed by atoms with Gasteiger partial charge in [0.2, 0.25) is 5.91 Å². The quantitative estimate of drug-likeness (QED) is 0.0648. The molecular weight excluding hydrogens is 655 g/mol. The molecule has 1 saturated carbocycles. The van der Waals surface area contributed by atoms with Gasteiger partial charge in [-0.05, 0) is 43.5 Å². The van der Waals surface area contributed by atoms with Crippen LogP contribution in [0.5, 0.6) is 5.75 Å². The van der Waals surface area contributed by atoms with E-state index >= 15 is 4.39 Å². The minimum absolute atomic E-state index is 0.00265. The molecule has 13 nitrogen and oxygen atoms in total. The van der Waals surface area contributed by atoms with Gasteiger partial charge in [-0.3, -0.25) is 39.6 Å². The average Bonchev–Trinajstić information content (AvgIpc) is 3.98. The summed E-state index contributed by atoms with van der Waals surface area (Å²) in [6.07, 6.45) is 7.27. The largest absolute Gasteiger partial charge is 0.494 e. The number of likely N-dealkylation sites (N-methyl/N-ethyl adjacent to an activating group) is 1. The molecule has 0 radical (unpaired) electrons. The molecule has 51 heavy (non-hydrogen) atoms. The molecule has 2 aromatic heterocycles. The number of ether oxygens (including phenoxy) is 1. The van der Waals surface area contributed by atoms with E-state index in [9.17, 15) is 19.6 Å². The number of amidine groups is 1. The van der Waals surface area contributed by atoms with Crippen molar-refractivity contribution in [1.29, 1.82) is 0 Å². The van der Waals surface area contributed by atoms with Crippen molar-refractivity contribution in [2.24, 2.45) is 10.9 Å². The smallest absolute Gasteiger partial charge is 0.272 e. The zero-order valence-corrected chi connectivity index (χ0v) is 30.4. The van der Waals surface area contributed by atoms with E-state index in [1.165, 1.54) is 70.2 Å². The molecule has 4 rings (SSSR count). The second-order valence-electron chi connectivity index (χ2n) is 11.9. The summed E-state index contributed by atoms with van der Waals surface area (Å²) in [7, 11) is 7.45. The van der Waals surface area contributed by atoms with Crippen molar-refractivity contribution in [3.63, 3.8) is 0 Å². The molecule has 272 valence electrons. The molecule has 0 unspecified atom stereocenters. The Balaban J connectivity index is 0.00000226. The third-order valence-corrected chi connectivity index (χ3v) is 7.69. The van der Waals surface area contributed by atoms with Gasteiger partial charge in [0.25, 0.3) is 11.8 Å². The van der Waals surface area contributed by atoms with E-state index in [1.54, 1.807) is 32.2 Å². The molecule has 3 aromatic rings. The second-order valence-corrected chi connectivity index (χ2v) is 11.9. The first-order valence-corrected chi connectivity index (χ1v) is 16.4. The van der Waals surface area contributed by atoms with Crippen LogP contribution >= 0.6 is 0 Å². The third-order valence-electron chi connectivity index (χ3n) is 7.69. The number of hydroxylamine groups is 1. The van der Waals surface area contributed by atoms with Gasteiger partial charge >= 0.3 is 0 Å². The summed E-state index contributed by atoms with van der Waals surface area (Å²) >= 11 is 0. The van der Waals surface area contributed by atoms with Crippen LogP contribution in [0, 0.1) is 18.7 Å². The highest BCUT2D eigenvalue weighted by atomic mass is 19.1. The summed E-state index contributed by atoms with van der Waals surface area (Å²) in [6.45, 7) is 9.89. The summed E-state index contributed by atoms with van der Waals surface area (Å²) in [5.41, 5.74) is 2.65. The first-order valence-electron chi connectivity index (χ1n) is 16.4. The standard InChI is InChI=1S/C34H39FN8O5.C3H8/c1-19-25(35)15-28(40-27(20(2)32(44)37-4)16-29(36-3)41-33(45)21-8-9-21)31(48-7)30(19)22-10-11-26(39-17-22)34(46)42(5)18-23-14-24(43(6)47)12-13-38-23;1-3-2/h10-17,21,40,47H,2,8-9,18H2,1,3-7H3,(H,37,44)(H,36,41,45);3H2,1-2H3/b27-16+;. The molecule has 2 heterocycles. The highest BCUT2D eigenvalue weighted by Crippen LogP contribution is 2.41. The number of carbonyl (C=O) groups excluding carboxylic acids is 3. The molecule has 1 aliphatic rings. The third kappa shape index (κ3) is 10.4. The van der Waals surface area contributed by atoms with Crippen LogP contribution in [0.3, 0.4) is 0 Å². The highest BCUT2D eigenvalue weighted by Gasteiger charge is 2.30. The lowest BCUT2D eigenvalue weighted by atomic mass is 9.98. The number of aromatic nitrogens is 2. The highest BCUT2D eigenvalue weighted by molar-refractivity contribution is 6.08. The Kier molecular flexibility index (Phi) is 14.4. The number of rotatable bonds is 12. The number of benzene rings is 1. The van der Waals surface area contributed by atoms with Gasteiger partial charge in [-0.15, -0.1) is 0 Å². The fourth-order valence-corrected chi connectivity index (χ4v) is 4.79. The Hall–Kier alpha value is -5.63. The van der Waals surface area contributed by atoms with Gasteiger partial charge in [0.15, 0.2) is 5.75 Å². The van der Waals surface area contributed by atoms with Crippen LogP contribution in [0.15, 0.2) is 71.6 Å². The Labute approximate surface area is 298 Å². The molecule has 0 atom stereocenters. The molecule has 3 amide bonds. The van der Waals surface area contributed by atoms with Crippen molar-refractivity contribution in [2.45, 2.75) is 46.6 Å². The Bertz CT molecular complexity index is 1800. The van der Waals surface area contributed by atoms with Crippen molar-refractivity contribution >= 4 is 34.9 Å². The predicted octanol–water partition coefficient (Wildman–Crippen LogP) is 5.27. The maximum Gasteiger partial charge on any atom is 0.272 e.